The van der Waals surface area contributed by atoms with Gasteiger partial charge in [-0.15, -0.1) is 5.10 Å². The van der Waals surface area contributed by atoms with Crippen LogP contribution in [0.4, 0.5) is 5.69 Å². The fourth-order valence-corrected chi connectivity index (χ4v) is 3.63. The van der Waals surface area contributed by atoms with Gasteiger partial charge in [-0.1, -0.05) is 36.4 Å². The lowest BCUT2D eigenvalue weighted by molar-refractivity contribution is -0.156. The average Bonchev–Trinajstić information content (AvgIpc) is 3.44. The number of aryl methyl sites for hydroxylation is 2. The van der Waals surface area contributed by atoms with Crippen LogP contribution in [0.15, 0.2) is 54.9 Å². The van der Waals surface area contributed by atoms with Crippen molar-refractivity contribution in [3.05, 3.63) is 71.5 Å². The van der Waals surface area contributed by atoms with Crippen LogP contribution in [0.2, 0.25) is 0 Å². The first kappa shape index (κ1) is 19.8. The molecule has 0 spiro atoms. The zero-order chi connectivity index (χ0) is 20.9. The summed E-state index contributed by atoms with van der Waals surface area (Å²) in [7, 11) is 0. The second-order valence-corrected chi connectivity index (χ2v) is 7.40. The highest BCUT2D eigenvalue weighted by atomic mass is 16.5. The largest absolute Gasteiger partial charge is 0.451 e. The van der Waals surface area contributed by atoms with Crippen LogP contribution in [0.5, 0.6) is 0 Å². The van der Waals surface area contributed by atoms with Gasteiger partial charge in [0.15, 0.2) is 12.1 Å². The Hall–Kier alpha value is -3.55. The molecule has 30 heavy (non-hydrogen) atoms. The Bertz CT molecular complexity index is 1020. The van der Waals surface area contributed by atoms with Crippen molar-refractivity contribution >= 4 is 17.6 Å². The topological polar surface area (TPSA) is 99.0 Å². The molecule has 154 valence electrons. The molecular formula is C22H23N5O3. The van der Waals surface area contributed by atoms with Gasteiger partial charge in [0.1, 0.15) is 6.33 Å². The van der Waals surface area contributed by atoms with Gasteiger partial charge in [0.05, 0.1) is 0 Å². The summed E-state index contributed by atoms with van der Waals surface area (Å²) in [6.07, 6.45) is 4.00. The number of aromatic nitrogens is 4. The Morgan fingerprint density at radius 1 is 1.13 bits per heavy atom. The second-order valence-electron chi connectivity index (χ2n) is 7.40. The molecule has 1 N–H and O–H groups in total. The van der Waals surface area contributed by atoms with Gasteiger partial charge in [-0.3, -0.25) is 4.79 Å². The third-order valence-electron chi connectivity index (χ3n) is 5.26. The molecule has 2 atom stereocenters. The van der Waals surface area contributed by atoms with E-state index < -0.39 is 18.1 Å². The highest BCUT2D eigenvalue weighted by Crippen LogP contribution is 2.25. The van der Waals surface area contributed by atoms with E-state index in [2.05, 4.69) is 20.8 Å². The van der Waals surface area contributed by atoms with Gasteiger partial charge in [0.25, 0.3) is 5.91 Å². The Morgan fingerprint density at radius 3 is 2.70 bits per heavy atom. The van der Waals surface area contributed by atoms with Gasteiger partial charge in [0, 0.05) is 12.1 Å². The van der Waals surface area contributed by atoms with Crippen molar-refractivity contribution in [2.45, 2.75) is 44.8 Å². The summed E-state index contributed by atoms with van der Waals surface area (Å²) < 4.78 is 6.82. The molecule has 1 amide bonds. The lowest BCUT2D eigenvalue weighted by atomic mass is 10.1. The molecule has 2 aromatic carbocycles. The number of rotatable bonds is 7. The molecule has 0 radical (unpaired) electrons. The number of carbonyl (C=O) groups is 2. The first-order chi connectivity index (χ1) is 14.6. The Kier molecular flexibility index (Phi) is 5.83. The Labute approximate surface area is 174 Å². The fourth-order valence-electron chi connectivity index (χ4n) is 3.63. The highest BCUT2D eigenvalue weighted by Gasteiger charge is 2.28. The number of carbonyl (C=O) groups excluding carboxylic acids is 2. The molecular weight excluding hydrogens is 382 g/mol. The van der Waals surface area contributed by atoms with E-state index in [9.17, 15) is 9.59 Å². The van der Waals surface area contributed by atoms with E-state index in [1.807, 2.05) is 48.5 Å². The van der Waals surface area contributed by atoms with Gasteiger partial charge in [-0.2, -0.15) is 0 Å². The van der Waals surface area contributed by atoms with Crippen molar-refractivity contribution in [2.24, 2.45) is 0 Å². The number of ether oxygens (including phenoxy) is 1. The van der Waals surface area contributed by atoms with E-state index >= 15 is 0 Å². The standard InChI is InChI=1S/C22H23N5O3/c1-15(21(28)24-19-11-10-17-8-5-9-18(17)13-19)30-22(29)20(27-14-23-25-26-27)12-16-6-3-2-4-7-16/h2-4,6-7,10-11,13-15,20H,5,8-9,12H2,1H3,(H,24,28)/t15-,20-/m0/s1. The van der Waals surface area contributed by atoms with Crippen LogP contribution in [0.1, 0.15) is 36.1 Å². The minimum Gasteiger partial charge on any atom is -0.451 e. The van der Waals surface area contributed by atoms with Crippen molar-refractivity contribution in [3.63, 3.8) is 0 Å². The molecule has 0 bridgehead atoms. The van der Waals surface area contributed by atoms with E-state index in [1.165, 1.54) is 22.1 Å². The molecule has 8 nitrogen and oxygen atoms in total. The van der Waals surface area contributed by atoms with Crippen molar-refractivity contribution in [1.82, 2.24) is 20.2 Å². The number of anilines is 1. The summed E-state index contributed by atoms with van der Waals surface area (Å²) in [6.45, 7) is 1.56. The fraction of sp³-hybridized carbons (Fsp3) is 0.318. The lowest BCUT2D eigenvalue weighted by Crippen LogP contribution is -2.34. The second kappa shape index (κ2) is 8.86. The number of nitrogens with zero attached hydrogens (tertiary/aromatic N) is 4. The Balaban J connectivity index is 1.41. The summed E-state index contributed by atoms with van der Waals surface area (Å²) in [5.74, 6) is -0.945. The summed E-state index contributed by atoms with van der Waals surface area (Å²) >= 11 is 0. The van der Waals surface area contributed by atoms with E-state index in [1.54, 1.807) is 6.92 Å². The number of amides is 1. The molecule has 0 fully saturated rings. The van der Waals surface area contributed by atoms with Gasteiger partial charge in [0.2, 0.25) is 0 Å². The third-order valence-corrected chi connectivity index (χ3v) is 5.26. The smallest absolute Gasteiger partial charge is 0.332 e. The van der Waals surface area contributed by atoms with E-state index in [4.69, 9.17) is 4.74 Å². The number of esters is 1. The zero-order valence-electron chi connectivity index (χ0n) is 16.7. The average molecular weight is 405 g/mol. The molecule has 0 aliphatic heterocycles. The number of hydrogen-bond acceptors (Lipinski definition) is 6. The SMILES string of the molecule is C[C@H](OC(=O)[C@H](Cc1ccccc1)n1cnnn1)C(=O)Nc1ccc2c(c1)CCC2. The van der Waals surface area contributed by atoms with Crippen LogP contribution < -0.4 is 5.32 Å². The molecule has 8 heteroatoms. The van der Waals surface area contributed by atoms with Crippen molar-refractivity contribution in [3.8, 4) is 0 Å². The molecule has 4 rings (SSSR count). The molecule has 0 saturated heterocycles. The first-order valence-electron chi connectivity index (χ1n) is 9.99. The van der Waals surface area contributed by atoms with Gasteiger partial charge in [-0.25, -0.2) is 9.48 Å². The first-order valence-corrected chi connectivity index (χ1v) is 9.99. The zero-order valence-corrected chi connectivity index (χ0v) is 16.7. The van der Waals surface area contributed by atoms with Crippen molar-refractivity contribution < 1.29 is 14.3 Å². The van der Waals surface area contributed by atoms with Crippen LogP contribution in [-0.4, -0.2) is 38.2 Å². The number of benzene rings is 2. The molecule has 3 aromatic rings. The number of fused-ring (bicyclic) bond motifs is 1. The molecule has 0 saturated carbocycles. The van der Waals surface area contributed by atoms with Crippen LogP contribution in [0.25, 0.3) is 0 Å². The predicted molar refractivity (Wildman–Crippen MR) is 110 cm³/mol. The number of tetrazole rings is 1. The van der Waals surface area contributed by atoms with Crippen LogP contribution in [0.3, 0.4) is 0 Å². The molecule has 0 unspecified atom stereocenters. The molecule has 1 aliphatic rings. The minimum atomic E-state index is -0.958. The molecule has 1 heterocycles. The Morgan fingerprint density at radius 2 is 1.93 bits per heavy atom. The highest BCUT2D eigenvalue weighted by molar-refractivity contribution is 5.95. The monoisotopic (exact) mass is 405 g/mol. The summed E-state index contributed by atoms with van der Waals surface area (Å²) in [5, 5.41) is 13.9. The van der Waals surface area contributed by atoms with Gasteiger partial charge < -0.3 is 10.1 Å². The third kappa shape index (κ3) is 4.53. The van der Waals surface area contributed by atoms with Crippen LogP contribution in [0, 0.1) is 0 Å². The normalized spacial score (nSPS) is 14.6. The number of hydrogen-bond donors (Lipinski definition) is 1. The van der Waals surface area contributed by atoms with E-state index in [-0.39, 0.29) is 5.91 Å². The van der Waals surface area contributed by atoms with Crippen molar-refractivity contribution in [2.75, 3.05) is 5.32 Å². The van der Waals surface area contributed by atoms with Gasteiger partial charge >= 0.3 is 5.97 Å². The van der Waals surface area contributed by atoms with Gasteiger partial charge in [-0.05, 0) is 65.4 Å². The summed E-state index contributed by atoms with van der Waals surface area (Å²) in [5.41, 5.74) is 4.24. The lowest BCUT2D eigenvalue weighted by Gasteiger charge is -2.19. The molecule has 1 aliphatic carbocycles. The molecule has 1 aromatic heterocycles. The summed E-state index contributed by atoms with van der Waals surface area (Å²) in [6, 6.07) is 14.7. The van der Waals surface area contributed by atoms with Crippen LogP contribution >= 0.6 is 0 Å². The maximum absolute atomic E-state index is 12.8. The van der Waals surface area contributed by atoms with E-state index in [0.29, 0.717) is 12.1 Å². The quantitative estimate of drug-likeness (QED) is 0.607. The maximum Gasteiger partial charge on any atom is 0.332 e. The van der Waals surface area contributed by atoms with Crippen molar-refractivity contribution in [1.29, 1.82) is 0 Å². The number of nitrogens with one attached hydrogen (secondary N) is 1. The van der Waals surface area contributed by atoms with E-state index in [0.717, 1.165) is 24.8 Å². The maximum atomic E-state index is 12.8. The summed E-state index contributed by atoms with van der Waals surface area (Å²) in [4.78, 5) is 25.4. The van der Waals surface area contributed by atoms with Crippen LogP contribution in [-0.2, 0) is 33.6 Å². The predicted octanol–water partition coefficient (Wildman–Crippen LogP) is 2.52. The minimum absolute atomic E-state index is 0.351.